The molecule has 1 heterocycles. The van der Waals surface area contributed by atoms with Crippen molar-refractivity contribution in [1.82, 2.24) is 10.3 Å². The molecule has 0 saturated carbocycles. The first-order valence-electron chi connectivity index (χ1n) is 4.80. The molecule has 92 valence electrons. The topological polar surface area (TPSA) is 79.3 Å². The number of nitrogens with one attached hydrogen (secondary N) is 1. The SMILES string of the molecule is CC[C@@H](NC(=O)c1cc(F)cnc1Cl)C(=O)O. The van der Waals surface area contributed by atoms with Gasteiger partial charge >= 0.3 is 5.97 Å². The van der Waals surface area contributed by atoms with Gasteiger partial charge in [0.15, 0.2) is 0 Å². The third kappa shape index (κ3) is 3.39. The molecule has 0 aliphatic rings. The molecular formula is C10H10ClFN2O3. The van der Waals surface area contributed by atoms with Crippen molar-refractivity contribution in [3.8, 4) is 0 Å². The second-order valence-electron chi connectivity index (χ2n) is 3.26. The molecule has 0 saturated heterocycles. The van der Waals surface area contributed by atoms with Gasteiger partial charge in [0, 0.05) is 0 Å². The van der Waals surface area contributed by atoms with Crippen LogP contribution in [0.3, 0.4) is 0 Å². The van der Waals surface area contributed by atoms with E-state index in [0.717, 1.165) is 12.3 Å². The second kappa shape index (κ2) is 5.58. The molecule has 1 rings (SSSR count). The number of carbonyl (C=O) groups is 2. The summed E-state index contributed by atoms with van der Waals surface area (Å²) in [7, 11) is 0. The zero-order valence-corrected chi connectivity index (χ0v) is 9.66. The highest BCUT2D eigenvalue weighted by Crippen LogP contribution is 2.13. The molecule has 0 spiro atoms. The summed E-state index contributed by atoms with van der Waals surface area (Å²) in [5.41, 5.74) is -0.189. The summed E-state index contributed by atoms with van der Waals surface area (Å²) in [6, 6.07) is -0.138. The van der Waals surface area contributed by atoms with Crippen molar-refractivity contribution >= 4 is 23.5 Å². The van der Waals surface area contributed by atoms with E-state index in [1.807, 2.05) is 0 Å². The van der Waals surface area contributed by atoms with E-state index < -0.39 is 23.7 Å². The summed E-state index contributed by atoms with van der Waals surface area (Å²) in [6.45, 7) is 1.60. The van der Waals surface area contributed by atoms with E-state index in [1.54, 1.807) is 6.92 Å². The predicted molar refractivity (Wildman–Crippen MR) is 58.4 cm³/mol. The van der Waals surface area contributed by atoms with Gasteiger partial charge in [-0.05, 0) is 12.5 Å². The van der Waals surface area contributed by atoms with E-state index in [1.165, 1.54) is 0 Å². The standard InChI is InChI=1S/C10H10ClFN2O3/c1-2-7(10(16)17)14-9(15)6-3-5(12)4-13-8(6)11/h3-4,7H,2H2,1H3,(H,14,15)(H,16,17)/t7-/m1/s1. The normalized spacial score (nSPS) is 11.9. The molecule has 0 aromatic carbocycles. The maximum absolute atomic E-state index is 12.9. The number of halogens is 2. The van der Waals surface area contributed by atoms with Gasteiger partial charge in [-0.25, -0.2) is 14.2 Å². The molecule has 0 unspecified atom stereocenters. The van der Waals surface area contributed by atoms with Gasteiger partial charge in [-0.3, -0.25) is 4.79 Å². The van der Waals surface area contributed by atoms with Gasteiger partial charge < -0.3 is 10.4 Å². The Labute approximate surface area is 102 Å². The lowest BCUT2D eigenvalue weighted by molar-refractivity contribution is -0.139. The fourth-order valence-electron chi connectivity index (χ4n) is 1.16. The maximum Gasteiger partial charge on any atom is 0.326 e. The number of aromatic nitrogens is 1. The van der Waals surface area contributed by atoms with Crippen LogP contribution in [0.1, 0.15) is 23.7 Å². The van der Waals surface area contributed by atoms with Crippen molar-refractivity contribution < 1.29 is 19.1 Å². The minimum Gasteiger partial charge on any atom is -0.480 e. The molecule has 5 nitrogen and oxygen atoms in total. The fourth-order valence-corrected chi connectivity index (χ4v) is 1.35. The molecule has 7 heteroatoms. The number of carboxylic acid groups (broad SMARTS) is 1. The van der Waals surface area contributed by atoms with Crippen molar-refractivity contribution in [2.75, 3.05) is 0 Å². The van der Waals surface area contributed by atoms with Crippen LogP contribution in [0.15, 0.2) is 12.3 Å². The molecule has 17 heavy (non-hydrogen) atoms. The van der Waals surface area contributed by atoms with Crippen LogP contribution in [0.4, 0.5) is 4.39 Å². The van der Waals surface area contributed by atoms with Gasteiger partial charge in [-0.15, -0.1) is 0 Å². The zero-order chi connectivity index (χ0) is 13.0. The van der Waals surface area contributed by atoms with Gasteiger partial charge in [-0.1, -0.05) is 18.5 Å². The zero-order valence-electron chi connectivity index (χ0n) is 8.91. The number of pyridine rings is 1. The fraction of sp³-hybridized carbons (Fsp3) is 0.300. The van der Waals surface area contributed by atoms with Crippen LogP contribution in [0.2, 0.25) is 5.15 Å². The van der Waals surface area contributed by atoms with Crippen LogP contribution < -0.4 is 5.32 Å². The Hall–Kier alpha value is -1.69. The summed E-state index contributed by atoms with van der Waals surface area (Å²) in [6.07, 6.45) is 1.08. The molecule has 1 amide bonds. The van der Waals surface area contributed by atoms with Crippen LogP contribution in [-0.4, -0.2) is 28.0 Å². The van der Waals surface area contributed by atoms with Crippen LogP contribution in [-0.2, 0) is 4.79 Å². The Morgan fingerprint density at radius 2 is 2.29 bits per heavy atom. The summed E-state index contributed by atoms with van der Waals surface area (Å²) in [5.74, 6) is -2.65. The highest BCUT2D eigenvalue weighted by molar-refractivity contribution is 6.32. The van der Waals surface area contributed by atoms with E-state index in [0.29, 0.717) is 0 Å². The summed E-state index contributed by atoms with van der Waals surface area (Å²) >= 11 is 5.61. The van der Waals surface area contributed by atoms with E-state index in [4.69, 9.17) is 16.7 Å². The Bertz CT molecular complexity index is 453. The van der Waals surface area contributed by atoms with Crippen molar-refractivity contribution in [2.45, 2.75) is 19.4 Å². The Morgan fingerprint density at radius 3 is 2.82 bits per heavy atom. The van der Waals surface area contributed by atoms with Crippen LogP contribution in [0.25, 0.3) is 0 Å². The van der Waals surface area contributed by atoms with Gasteiger partial charge in [0.05, 0.1) is 11.8 Å². The minimum absolute atomic E-state index is 0.177. The lowest BCUT2D eigenvalue weighted by Crippen LogP contribution is -2.40. The van der Waals surface area contributed by atoms with Gasteiger partial charge in [0.25, 0.3) is 5.91 Å². The number of amides is 1. The molecule has 1 atom stereocenters. The van der Waals surface area contributed by atoms with Crippen molar-refractivity contribution in [1.29, 1.82) is 0 Å². The smallest absolute Gasteiger partial charge is 0.326 e. The molecule has 0 aliphatic heterocycles. The van der Waals surface area contributed by atoms with Gasteiger partial charge in [0.1, 0.15) is 17.0 Å². The van der Waals surface area contributed by atoms with Gasteiger partial charge in [0.2, 0.25) is 0 Å². The maximum atomic E-state index is 12.9. The average molecular weight is 261 g/mol. The first kappa shape index (κ1) is 13.4. The lowest BCUT2D eigenvalue weighted by atomic mass is 10.2. The molecule has 1 aromatic heterocycles. The lowest BCUT2D eigenvalue weighted by Gasteiger charge is -2.12. The molecule has 1 aromatic rings. The second-order valence-corrected chi connectivity index (χ2v) is 3.62. The van der Waals surface area contributed by atoms with E-state index >= 15 is 0 Å². The van der Waals surface area contributed by atoms with E-state index in [2.05, 4.69) is 10.3 Å². The van der Waals surface area contributed by atoms with E-state index in [-0.39, 0.29) is 17.1 Å². The first-order valence-corrected chi connectivity index (χ1v) is 5.18. The van der Waals surface area contributed by atoms with Crippen molar-refractivity contribution in [2.24, 2.45) is 0 Å². The number of aliphatic carboxylic acids is 1. The Kier molecular flexibility index (Phi) is 4.39. The Morgan fingerprint density at radius 1 is 1.65 bits per heavy atom. The average Bonchev–Trinajstić information content (AvgIpc) is 2.28. The number of nitrogens with zero attached hydrogens (tertiary/aromatic N) is 1. The molecule has 0 bridgehead atoms. The third-order valence-electron chi connectivity index (χ3n) is 2.06. The number of rotatable bonds is 4. The van der Waals surface area contributed by atoms with Crippen LogP contribution >= 0.6 is 11.6 Å². The molecule has 0 fully saturated rings. The molecule has 0 aliphatic carbocycles. The predicted octanol–water partition coefficient (Wildman–Crippen LogP) is 1.47. The summed E-state index contributed by atoms with van der Waals surface area (Å²) < 4.78 is 12.9. The first-order chi connectivity index (χ1) is 7.95. The third-order valence-corrected chi connectivity index (χ3v) is 2.36. The Balaban J connectivity index is 2.89. The monoisotopic (exact) mass is 260 g/mol. The van der Waals surface area contributed by atoms with E-state index in [9.17, 15) is 14.0 Å². The number of hydrogen-bond acceptors (Lipinski definition) is 3. The molecule has 0 radical (unpaired) electrons. The van der Waals surface area contributed by atoms with Crippen molar-refractivity contribution in [3.63, 3.8) is 0 Å². The molecular weight excluding hydrogens is 251 g/mol. The minimum atomic E-state index is -1.17. The highest BCUT2D eigenvalue weighted by Gasteiger charge is 2.20. The van der Waals surface area contributed by atoms with Crippen molar-refractivity contribution in [3.05, 3.63) is 28.8 Å². The van der Waals surface area contributed by atoms with Gasteiger partial charge in [-0.2, -0.15) is 0 Å². The number of hydrogen-bond donors (Lipinski definition) is 2. The number of carbonyl (C=O) groups excluding carboxylic acids is 1. The highest BCUT2D eigenvalue weighted by atomic mass is 35.5. The molecule has 2 N–H and O–H groups in total. The van der Waals surface area contributed by atoms with Crippen LogP contribution in [0.5, 0.6) is 0 Å². The summed E-state index contributed by atoms with van der Waals surface area (Å²) in [4.78, 5) is 25.8. The number of carboxylic acids is 1. The largest absolute Gasteiger partial charge is 0.480 e. The quantitative estimate of drug-likeness (QED) is 0.804. The van der Waals surface area contributed by atoms with Crippen LogP contribution in [0, 0.1) is 5.82 Å². The summed E-state index contributed by atoms with van der Waals surface area (Å²) in [5, 5.41) is 10.8.